The van der Waals surface area contributed by atoms with Crippen LogP contribution in [0.25, 0.3) is 0 Å². The third-order valence-electron chi connectivity index (χ3n) is 5.55. The van der Waals surface area contributed by atoms with E-state index in [1.807, 2.05) is 12.1 Å². The van der Waals surface area contributed by atoms with E-state index in [9.17, 15) is 4.79 Å². The summed E-state index contributed by atoms with van der Waals surface area (Å²) < 4.78 is 0. The number of hydrogen-bond donors (Lipinski definition) is 2. The van der Waals surface area contributed by atoms with E-state index in [2.05, 4.69) is 48.4 Å². The van der Waals surface area contributed by atoms with Crippen LogP contribution in [0.15, 0.2) is 24.3 Å². The van der Waals surface area contributed by atoms with E-state index in [1.54, 1.807) is 0 Å². The molecule has 2 saturated heterocycles. The van der Waals surface area contributed by atoms with Crippen molar-refractivity contribution in [3.05, 3.63) is 35.4 Å². The van der Waals surface area contributed by atoms with E-state index in [4.69, 9.17) is 0 Å². The number of nitrogens with one attached hydrogen (secondary N) is 2. The Morgan fingerprint density at radius 1 is 1.15 bits per heavy atom. The van der Waals surface area contributed by atoms with E-state index in [1.165, 1.54) is 18.4 Å². The van der Waals surface area contributed by atoms with Crippen molar-refractivity contribution in [2.24, 2.45) is 0 Å². The second-order valence-corrected chi connectivity index (χ2v) is 7.63. The molecule has 2 atom stereocenters. The molecule has 3 rings (SSSR count). The fourth-order valence-corrected chi connectivity index (χ4v) is 4.10. The van der Waals surface area contributed by atoms with E-state index in [0.717, 1.165) is 31.5 Å². The van der Waals surface area contributed by atoms with Crippen molar-refractivity contribution in [1.82, 2.24) is 15.5 Å². The van der Waals surface area contributed by atoms with Crippen LogP contribution < -0.4 is 10.6 Å². The van der Waals surface area contributed by atoms with Crippen LogP contribution in [-0.4, -0.2) is 41.5 Å². The molecule has 0 aliphatic carbocycles. The molecule has 4 nitrogen and oxygen atoms in total. The molecule has 2 aliphatic rings. The average molecular weight is 402 g/mol. The lowest BCUT2D eigenvalue weighted by Gasteiger charge is -2.29. The van der Waals surface area contributed by atoms with Crippen molar-refractivity contribution < 1.29 is 4.79 Å². The highest BCUT2D eigenvalue weighted by atomic mass is 35.5. The topological polar surface area (TPSA) is 44.4 Å². The summed E-state index contributed by atoms with van der Waals surface area (Å²) >= 11 is 0. The minimum Gasteiger partial charge on any atom is -0.349 e. The fourth-order valence-electron chi connectivity index (χ4n) is 4.10. The van der Waals surface area contributed by atoms with E-state index >= 15 is 0 Å². The molecule has 2 N–H and O–H groups in total. The molecule has 2 heterocycles. The van der Waals surface area contributed by atoms with Gasteiger partial charge in [0.15, 0.2) is 0 Å². The highest BCUT2D eigenvalue weighted by Gasteiger charge is 2.34. The van der Waals surface area contributed by atoms with Crippen molar-refractivity contribution in [3.8, 4) is 0 Å². The third kappa shape index (κ3) is 5.85. The van der Waals surface area contributed by atoms with Crippen LogP contribution in [0.2, 0.25) is 0 Å². The molecule has 1 amide bonds. The highest BCUT2D eigenvalue weighted by Crippen LogP contribution is 2.26. The molecule has 26 heavy (non-hydrogen) atoms. The third-order valence-corrected chi connectivity index (χ3v) is 5.55. The van der Waals surface area contributed by atoms with Gasteiger partial charge in [0.2, 0.25) is 0 Å². The van der Waals surface area contributed by atoms with Crippen LogP contribution in [0.3, 0.4) is 0 Å². The first-order valence-corrected chi connectivity index (χ1v) is 9.45. The Balaban J connectivity index is 0.00000169. The van der Waals surface area contributed by atoms with Crippen LogP contribution in [0.1, 0.15) is 62.4 Å². The van der Waals surface area contributed by atoms with E-state index in [-0.39, 0.29) is 30.7 Å². The number of nitrogens with zero attached hydrogens (tertiary/aromatic N) is 1. The number of halogens is 2. The molecule has 2 aliphatic heterocycles. The van der Waals surface area contributed by atoms with Crippen molar-refractivity contribution in [2.45, 2.75) is 77.2 Å². The van der Waals surface area contributed by atoms with Crippen LogP contribution in [0.5, 0.6) is 0 Å². The molecule has 2 unspecified atom stereocenters. The highest BCUT2D eigenvalue weighted by molar-refractivity contribution is 5.94. The van der Waals surface area contributed by atoms with Crippen molar-refractivity contribution in [2.75, 3.05) is 6.54 Å². The Hall–Kier alpha value is -0.810. The van der Waals surface area contributed by atoms with Gasteiger partial charge in [-0.15, -0.1) is 24.8 Å². The number of carbonyl (C=O) groups is 1. The quantitative estimate of drug-likeness (QED) is 0.761. The maximum absolute atomic E-state index is 12.5. The number of piperidine rings is 1. The smallest absolute Gasteiger partial charge is 0.251 e. The van der Waals surface area contributed by atoms with Gasteiger partial charge in [0.05, 0.1) is 0 Å². The monoisotopic (exact) mass is 401 g/mol. The van der Waals surface area contributed by atoms with Crippen LogP contribution >= 0.6 is 24.8 Å². The number of fused-ring (bicyclic) bond motifs is 2. The Labute approximate surface area is 170 Å². The molecule has 148 valence electrons. The predicted molar refractivity (Wildman–Crippen MR) is 113 cm³/mol. The summed E-state index contributed by atoms with van der Waals surface area (Å²) in [5.41, 5.74) is 2.04. The maximum Gasteiger partial charge on any atom is 0.251 e. The molecule has 0 aromatic heterocycles. The molecule has 0 saturated carbocycles. The molecule has 0 radical (unpaired) electrons. The fraction of sp³-hybridized carbons (Fsp3) is 0.650. The largest absolute Gasteiger partial charge is 0.349 e. The molecule has 1 aromatic carbocycles. The standard InChI is InChI=1S/C20H31N3O.2ClH/c1-4-23(14(2)3)13-15-5-7-16(8-6-15)20(24)22-19-11-17-9-10-18(12-19)21-17;;/h5-8,14,17-19,21H,4,9-13H2,1-3H3,(H,22,24);2*1H. The summed E-state index contributed by atoms with van der Waals surface area (Å²) in [6.07, 6.45) is 4.66. The van der Waals surface area contributed by atoms with Crippen molar-refractivity contribution >= 4 is 30.7 Å². The second kappa shape index (κ2) is 10.5. The van der Waals surface area contributed by atoms with Gasteiger partial charge in [-0.2, -0.15) is 0 Å². The van der Waals surface area contributed by atoms with E-state index in [0.29, 0.717) is 24.2 Å². The second-order valence-electron chi connectivity index (χ2n) is 7.63. The van der Waals surface area contributed by atoms with Crippen molar-refractivity contribution in [3.63, 3.8) is 0 Å². The summed E-state index contributed by atoms with van der Waals surface area (Å²) in [6.45, 7) is 8.61. The van der Waals surface area contributed by atoms with Gasteiger partial charge in [-0.3, -0.25) is 9.69 Å². The van der Waals surface area contributed by atoms with Gasteiger partial charge in [0.1, 0.15) is 0 Å². The van der Waals surface area contributed by atoms with Crippen LogP contribution in [0, 0.1) is 0 Å². The number of benzene rings is 1. The Morgan fingerprint density at radius 3 is 2.23 bits per heavy atom. The minimum absolute atomic E-state index is 0. The summed E-state index contributed by atoms with van der Waals surface area (Å²) in [5.74, 6) is 0.0732. The van der Waals surface area contributed by atoms with Gasteiger partial charge < -0.3 is 10.6 Å². The molecule has 0 spiro atoms. The Morgan fingerprint density at radius 2 is 1.73 bits per heavy atom. The van der Waals surface area contributed by atoms with Gasteiger partial charge >= 0.3 is 0 Å². The minimum atomic E-state index is 0. The zero-order chi connectivity index (χ0) is 17.1. The molecule has 6 heteroatoms. The normalized spacial score (nSPS) is 24.1. The predicted octanol–water partition coefficient (Wildman–Crippen LogP) is 3.77. The average Bonchev–Trinajstić information content (AvgIpc) is 2.91. The van der Waals surface area contributed by atoms with Crippen molar-refractivity contribution in [1.29, 1.82) is 0 Å². The Bertz CT molecular complexity index is 553. The SMILES string of the molecule is CCN(Cc1ccc(C(=O)NC2CC3CCC(C2)N3)cc1)C(C)C.Cl.Cl. The molecule has 2 fully saturated rings. The van der Waals surface area contributed by atoms with Crippen LogP contribution in [0.4, 0.5) is 0 Å². The first-order valence-electron chi connectivity index (χ1n) is 9.45. The maximum atomic E-state index is 12.5. The van der Waals surface area contributed by atoms with Gasteiger partial charge in [-0.05, 0) is 63.8 Å². The lowest BCUT2D eigenvalue weighted by Crippen LogP contribution is -2.48. The lowest BCUT2D eigenvalue weighted by atomic mass is 9.99. The number of carbonyl (C=O) groups excluding carboxylic acids is 1. The Kier molecular flexibility index (Phi) is 9.39. The molecular formula is C20H33Cl2N3O. The molecule has 2 bridgehead atoms. The lowest BCUT2D eigenvalue weighted by molar-refractivity contribution is 0.0924. The number of hydrogen-bond acceptors (Lipinski definition) is 3. The van der Waals surface area contributed by atoms with E-state index < -0.39 is 0 Å². The summed E-state index contributed by atoms with van der Waals surface area (Å²) in [7, 11) is 0. The summed E-state index contributed by atoms with van der Waals surface area (Å²) in [4.78, 5) is 14.9. The van der Waals surface area contributed by atoms with Crippen LogP contribution in [-0.2, 0) is 6.54 Å². The molecule has 1 aromatic rings. The van der Waals surface area contributed by atoms with Gasteiger partial charge in [-0.1, -0.05) is 19.1 Å². The number of amides is 1. The van der Waals surface area contributed by atoms with Gasteiger partial charge in [-0.25, -0.2) is 0 Å². The zero-order valence-corrected chi connectivity index (χ0v) is 17.7. The summed E-state index contributed by atoms with van der Waals surface area (Å²) in [5, 5.41) is 6.85. The number of rotatable bonds is 6. The van der Waals surface area contributed by atoms with Gasteiger partial charge in [0.25, 0.3) is 5.91 Å². The zero-order valence-electron chi connectivity index (χ0n) is 16.0. The first kappa shape index (κ1) is 23.2. The first-order chi connectivity index (χ1) is 11.5. The summed E-state index contributed by atoms with van der Waals surface area (Å²) in [6, 6.07) is 10.2. The van der Waals surface area contributed by atoms with Gasteiger partial charge in [0, 0.05) is 36.3 Å². The molecular weight excluding hydrogens is 369 g/mol.